The largest absolute Gasteiger partial charge is 0.494 e. The summed E-state index contributed by atoms with van der Waals surface area (Å²) in [5, 5.41) is 2.71. The Labute approximate surface area is 166 Å². The van der Waals surface area contributed by atoms with Crippen LogP contribution in [0.25, 0.3) is 0 Å². The predicted octanol–water partition coefficient (Wildman–Crippen LogP) is 2.54. The lowest BCUT2D eigenvalue weighted by Crippen LogP contribution is -2.57. The molecule has 1 aromatic rings. The third-order valence-electron chi connectivity index (χ3n) is 4.44. The van der Waals surface area contributed by atoms with Crippen LogP contribution in [0.2, 0.25) is 0 Å². The SMILES string of the molecule is CCCCCOc1ccc(C(=O)N2CCNC(=O)[C@@H]2CC(=O)OC(C)C)cc1. The lowest BCUT2D eigenvalue weighted by molar-refractivity contribution is -0.151. The molecule has 154 valence electrons. The highest BCUT2D eigenvalue weighted by Crippen LogP contribution is 2.18. The van der Waals surface area contributed by atoms with E-state index in [9.17, 15) is 14.4 Å². The van der Waals surface area contributed by atoms with Gasteiger partial charge >= 0.3 is 5.97 Å². The smallest absolute Gasteiger partial charge is 0.308 e. The molecule has 0 aliphatic carbocycles. The Hall–Kier alpha value is -2.57. The van der Waals surface area contributed by atoms with Gasteiger partial charge in [-0.1, -0.05) is 19.8 Å². The predicted molar refractivity (Wildman–Crippen MR) is 105 cm³/mol. The molecular formula is C21H30N2O5. The molecule has 7 heteroatoms. The Kier molecular flexibility index (Phi) is 8.29. The van der Waals surface area contributed by atoms with E-state index < -0.39 is 12.0 Å². The summed E-state index contributed by atoms with van der Waals surface area (Å²) in [5.74, 6) is -0.405. The van der Waals surface area contributed by atoms with Crippen molar-refractivity contribution >= 4 is 17.8 Å². The lowest BCUT2D eigenvalue weighted by atomic mass is 10.1. The summed E-state index contributed by atoms with van der Waals surface area (Å²) in [4.78, 5) is 38.6. The molecule has 1 heterocycles. The van der Waals surface area contributed by atoms with Crippen LogP contribution in [0.4, 0.5) is 0 Å². The fraction of sp³-hybridized carbons (Fsp3) is 0.571. The first-order valence-electron chi connectivity index (χ1n) is 9.93. The first-order valence-corrected chi connectivity index (χ1v) is 9.93. The van der Waals surface area contributed by atoms with Crippen LogP contribution in [0.1, 0.15) is 56.8 Å². The van der Waals surface area contributed by atoms with Crippen LogP contribution >= 0.6 is 0 Å². The zero-order valence-corrected chi connectivity index (χ0v) is 16.9. The van der Waals surface area contributed by atoms with Gasteiger partial charge < -0.3 is 19.7 Å². The molecular weight excluding hydrogens is 360 g/mol. The van der Waals surface area contributed by atoms with Crippen molar-refractivity contribution in [3.63, 3.8) is 0 Å². The average molecular weight is 390 g/mol. The maximum atomic E-state index is 12.9. The highest BCUT2D eigenvalue weighted by atomic mass is 16.5. The molecule has 1 fully saturated rings. The minimum absolute atomic E-state index is 0.158. The number of ether oxygens (including phenoxy) is 2. The van der Waals surface area contributed by atoms with Crippen molar-refractivity contribution in [2.45, 2.75) is 58.6 Å². The summed E-state index contributed by atoms with van der Waals surface area (Å²) < 4.78 is 10.8. The number of nitrogens with one attached hydrogen (secondary N) is 1. The van der Waals surface area contributed by atoms with Gasteiger partial charge in [0, 0.05) is 18.7 Å². The van der Waals surface area contributed by atoms with Crippen LogP contribution in [-0.4, -0.2) is 54.5 Å². The number of hydrogen-bond donors (Lipinski definition) is 1. The quantitative estimate of drug-likeness (QED) is 0.517. The van der Waals surface area contributed by atoms with Gasteiger partial charge in [0.05, 0.1) is 19.1 Å². The fourth-order valence-corrected chi connectivity index (χ4v) is 3.03. The van der Waals surface area contributed by atoms with Crippen LogP contribution in [0.15, 0.2) is 24.3 Å². The number of carbonyl (C=O) groups is 3. The maximum absolute atomic E-state index is 12.9. The zero-order chi connectivity index (χ0) is 20.5. The minimum atomic E-state index is -0.863. The first-order chi connectivity index (χ1) is 13.4. The summed E-state index contributed by atoms with van der Waals surface area (Å²) in [7, 11) is 0. The Morgan fingerprint density at radius 2 is 1.93 bits per heavy atom. The van der Waals surface area contributed by atoms with Crippen molar-refractivity contribution < 1.29 is 23.9 Å². The highest BCUT2D eigenvalue weighted by molar-refractivity contribution is 5.99. The van der Waals surface area contributed by atoms with E-state index in [0.29, 0.717) is 31.0 Å². The third kappa shape index (κ3) is 6.25. The molecule has 0 radical (unpaired) electrons. The van der Waals surface area contributed by atoms with E-state index in [1.165, 1.54) is 4.90 Å². The second-order valence-electron chi connectivity index (χ2n) is 7.13. The number of esters is 1. The lowest BCUT2D eigenvalue weighted by Gasteiger charge is -2.34. The van der Waals surface area contributed by atoms with E-state index in [2.05, 4.69) is 12.2 Å². The normalized spacial score (nSPS) is 16.6. The van der Waals surface area contributed by atoms with Crippen molar-refractivity contribution in [3.8, 4) is 5.75 Å². The van der Waals surface area contributed by atoms with E-state index in [1.54, 1.807) is 38.1 Å². The van der Waals surface area contributed by atoms with Crippen LogP contribution < -0.4 is 10.1 Å². The molecule has 1 atom stereocenters. The molecule has 2 rings (SSSR count). The zero-order valence-electron chi connectivity index (χ0n) is 16.9. The molecule has 1 aliphatic heterocycles. The summed E-state index contributed by atoms with van der Waals surface area (Å²) in [6.07, 6.45) is 2.82. The summed E-state index contributed by atoms with van der Waals surface area (Å²) in [5.41, 5.74) is 0.456. The fourth-order valence-electron chi connectivity index (χ4n) is 3.03. The molecule has 28 heavy (non-hydrogen) atoms. The molecule has 1 N–H and O–H groups in total. The Morgan fingerprint density at radius 3 is 2.57 bits per heavy atom. The molecule has 7 nitrogen and oxygen atoms in total. The Bertz CT molecular complexity index is 672. The first kappa shape index (κ1) is 21.7. The van der Waals surface area contributed by atoms with Crippen LogP contribution in [0.5, 0.6) is 5.75 Å². The number of amides is 2. The van der Waals surface area contributed by atoms with Gasteiger partial charge in [-0.15, -0.1) is 0 Å². The topological polar surface area (TPSA) is 84.9 Å². The molecule has 0 saturated carbocycles. The number of unbranched alkanes of at least 4 members (excludes halogenated alkanes) is 2. The molecule has 0 spiro atoms. The van der Waals surface area contributed by atoms with E-state index >= 15 is 0 Å². The highest BCUT2D eigenvalue weighted by Gasteiger charge is 2.35. The molecule has 1 aliphatic rings. The van der Waals surface area contributed by atoms with Gasteiger partial charge in [0.25, 0.3) is 5.91 Å². The molecule has 0 bridgehead atoms. The second-order valence-corrected chi connectivity index (χ2v) is 7.13. The van der Waals surface area contributed by atoms with Crippen LogP contribution in [-0.2, 0) is 14.3 Å². The van der Waals surface area contributed by atoms with Crippen molar-refractivity contribution in [1.82, 2.24) is 10.2 Å². The molecule has 2 amide bonds. The van der Waals surface area contributed by atoms with E-state index in [1.807, 2.05) is 0 Å². The van der Waals surface area contributed by atoms with E-state index in [4.69, 9.17) is 9.47 Å². The number of nitrogens with zero attached hydrogens (tertiary/aromatic N) is 1. The van der Waals surface area contributed by atoms with Gasteiger partial charge in [-0.2, -0.15) is 0 Å². The van der Waals surface area contributed by atoms with Crippen molar-refractivity contribution in [2.24, 2.45) is 0 Å². The number of piperazine rings is 1. The van der Waals surface area contributed by atoms with Crippen molar-refractivity contribution in [2.75, 3.05) is 19.7 Å². The van der Waals surface area contributed by atoms with Crippen molar-refractivity contribution in [3.05, 3.63) is 29.8 Å². The van der Waals surface area contributed by atoms with Gasteiger partial charge in [-0.05, 0) is 44.5 Å². The van der Waals surface area contributed by atoms with Crippen LogP contribution in [0, 0.1) is 0 Å². The van der Waals surface area contributed by atoms with Gasteiger partial charge in [0.1, 0.15) is 11.8 Å². The van der Waals surface area contributed by atoms with Crippen LogP contribution in [0.3, 0.4) is 0 Å². The minimum Gasteiger partial charge on any atom is -0.494 e. The molecule has 0 unspecified atom stereocenters. The van der Waals surface area contributed by atoms with Gasteiger partial charge in [-0.3, -0.25) is 14.4 Å². The van der Waals surface area contributed by atoms with Gasteiger partial charge in [-0.25, -0.2) is 0 Å². The number of hydrogen-bond acceptors (Lipinski definition) is 5. The molecule has 1 aromatic carbocycles. The van der Waals surface area contributed by atoms with E-state index in [-0.39, 0.29) is 24.3 Å². The second kappa shape index (κ2) is 10.7. The Morgan fingerprint density at radius 1 is 1.21 bits per heavy atom. The van der Waals surface area contributed by atoms with Gasteiger partial charge in [0.2, 0.25) is 5.91 Å². The van der Waals surface area contributed by atoms with Crippen molar-refractivity contribution in [1.29, 1.82) is 0 Å². The average Bonchev–Trinajstić information content (AvgIpc) is 2.66. The summed E-state index contributed by atoms with van der Waals surface area (Å²) in [6.45, 7) is 6.98. The number of carbonyl (C=O) groups excluding carboxylic acids is 3. The number of rotatable bonds is 9. The monoisotopic (exact) mass is 390 g/mol. The Balaban J connectivity index is 2.03. The maximum Gasteiger partial charge on any atom is 0.308 e. The third-order valence-corrected chi connectivity index (χ3v) is 4.44. The molecule has 1 saturated heterocycles. The number of benzene rings is 1. The standard InChI is InChI=1S/C21H30N2O5/c1-4-5-6-13-27-17-9-7-16(8-10-17)21(26)23-12-11-22-20(25)18(23)14-19(24)28-15(2)3/h7-10,15,18H,4-6,11-14H2,1-3H3,(H,22,25)/t18-/m0/s1. The summed E-state index contributed by atoms with van der Waals surface area (Å²) in [6, 6.07) is 6.02. The van der Waals surface area contributed by atoms with E-state index in [0.717, 1.165) is 19.3 Å². The summed E-state index contributed by atoms with van der Waals surface area (Å²) >= 11 is 0. The molecule has 0 aromatic heterocycles. The van der Waals surface area contributed by atoms with Gasteiger partial charge in [0.15, 0.2) is 0 Å².